The van der Waals surface area contributed by atoms with Crippen LogP contribution in [0.25, 0.3) is 10.9 Å². The van der Waals surface area contributed by atoms with Crippen molar-refractivity contribution in [2.45, 2.75) is 6.29 Å². The van der Waals surface area contributed by atoms with E-state index in [4.69, 9.17) is 9.47 Å². The second-order valence-electron chi connectivity index (χ2n) is 5.31. The first-order valence-corrected chi connectivity index (χ1v) is 7.23. The maximum atomic E-state index is 12.5. The van der Waals surface area contributed by atoms with E-state index in [1.54, 1.807) is 6.20 Å². The highest BCUT2D eigenvalue weighted by atomic mass is 16.7. The van der Waals surface area contributed by atoms with Gasteiger partial charge in [0.15, 0.2) is 6.29 Å². The highest BCUT2D eigenvalue weighted by Crippen LogP contribution is 2.28. The number of carbonyl (C=O) groups excluding carboxylic acids is 1. The quantitative estimate of drug-likeness (QED) is 0.925. The number of hydrogen-bond acceptors (Lipinski definition) is 5. The summed E-state index contributed by atoms with van der Waals surface area (Å²) in [4.78, 5) is 18.8. The second kappa shape index (κ2) is 6.29. The number of benzene rings is 1. The third-order valence-electron chi connectivity index (χ3n) is 3.56. The van der Waals surface area contributed by atoms with Crippen molar-refractivity contribution in [1.29, 1.82) is 0 Å². The fraction of sp³-hybridized carbons (Fsp3) is 0.375. The highest BCUT2D eigenvalue weighted by Gasteiger charge is 2.20. The molecule has 6 nitrogen and oxygen atoms in total. The first-order valence-electron chi connectivity index (χ1n) is 7.23. The third kappa shape index (κ3) is 2.88. The van der Waals surface area contributed by atoms with Crippen molar-refractivity contribution in [2.75, 3.05) is 38.8 Å². The van der Waals surface area contributed by atoms with Crippen LogP contribution in [0.5, 0.6) is 0 Å². The normalized spacial score (nSPS) is 15.2. The maximum Gasteiger partial charge on any atom is 0.255 e. The number of para-hydroxylation sites is 1. The molecule has 0 aliphatic carbocycles. The summed E-state index contributed by atoms with van der Waals surface area (Å²) in [7, 11) is 3.84. The molecule has 0 spiro atoms. The van der Waals surface area contributed by atoms with Gasteiger partial charge in [-0.2, -0.15) is 0 Å². The predicted octanol–water partition coefficient (Wildman–Crippen LogP) is 1.40. The lowest BCUT2D eigenvalue weighted by Crippen LogP contribution is -2.33. The van der Waals surface area contributed by atoms with E-state index >= 15 is 0 Å². The van der Waals surface area contributed by atoms with Gasteiger partial charge in [-0.1, -0.05) is 18.2 Å². The lowest BCUT2D eigenvalue weighted by atomic mass is 10.1. The van der Waals surface area contributed by atoms with Crippen molar-refractivity contribution >= 4 is 22.5 Å². The molecular weight excluding hydrogens is 282 g/mol. The standard InChI is InChI=1S/C16H19N3O3/c1-19(2)15-11-5-3-4-6-13(11)17-9-12(15)16(20)18-10-14-21-7-8-22-14/h3-6,9,14H,7-8,10H2,1-2H3,(H,18,20). The Bertz CT molecular complexity index is 681. The number of anilines is 1. The molecule has 0 radical (unpaired) electrons. The Morgan fingerprint density at radius 1 is 1.32 bits per heavy atom. The van der Waals surface area contributed by atoms with Crippen LogP contribution < -0.4 is 10.2 Å². The monoisotopic (exact) mass is 301 g/mol. The Morgan fingerprint density at radius 3 is 2.77 bits per heavy atom. The molecule has 116 valence electrons. The summed E-state index contributed by atoms with van der Waals surface area (Å²) in [6.07, 6.45) is 1.25. The molecule has 22 heavy (non-hydrogen) atoms. The van der Waals surface area contributed by atoms with Crippen LogP contribution >= 0.6 is 0 Å². The maximum absolute atomic E-state index is 12.5. The number of amides is 1. The minimum absolute atomic E-state index is 0.180. The Kier molecular flexibility index (Phi) is 4.22. The molecule has 1 N–H and O–H groups in total. The highest BCUT2D eigenvalue weighted by molar-refractivity contribution is 6.07. The zero-order valence-electron chi connectivity index (χ0n) is 12.7. The van der Waals surface area contributed by atoms with Crippen LogP contribution in [-0.4, -0.2) is 51.0 Å². The van der Waals surface area contributed by atoms with E-state index in [-0.39, 0.29) is 12.2 Å². The topological polar surface area (TPSA) is 63.7 Å². The van der Waals surface area contributed by atoms with E-state index < -0.39 is 0 Å². The van der Waals surface area contributed by atoms with Gasteiger partial charge in [-0.3, -0.25) is 9.78 Å². The van der Waals surface area contributed by atoms with Gasteiger partial charge in [-0.15, -0.1) is 0 Å². The van der Waals surface area contributed by atoms with Gasteiger partial charge < -0.3 is 19.7 Å². The van der Waals surface area contributed by atoms with Crippen molar-refractivity contribution in [3.63, 3.8) is 0 Å². The van der Waals surface area contributed by atoms with Crippen molar-refractivity contribution in [2.24, 2.45) is 0 Å². The van der Waals surface area contributed by atoms with Gasteiger partial charge in [0.1, 0.15) is 0 Å². The van der Waals surface area contributed by atoms with Crippen LogP contribution in [0.4, 0.5) is 5.69 Å². The first kappa shape index (κ1) is 14.7. The number of ether oxygens (including phenoxy) is 2. The fourth-order valence-electron chi connectivity index (χ4n) is 2.57. The molecule has 1 aromatic carbocycles. The summed E-state index contributed by atoms with van der Waals surface area (Å²) in [5.74, 6) is -0.180. The summed E-state index contributed by atoms with van der Waals surface area (Å²) < 4.78 is 10.6. The zero-order valence-corrected chi connectivity index (χ0v) is 12.7. The van der Waals surface area contributed by atoms with Crippen LogP contribution in [0.1, 0.15) is 10.4 Å². The van der Waals surface area contributed by atoms with Crippen molar-refractivity contribution in [3.8, 4) is 0 Å². The number of nitrogens with zero attached hydrogens (tertiary/aromatic N) is 2. The molecule has 1 fully saturated rings. The van der Waals surface area contributed by atoms with Crippen molar-refractivity contribution in [1.82, 2.24) is 10.3 Å². The number of aromatic nitrogens is 1. The minimum atomic E-state index is -0.361. The number of carbonyl (C=O) groups is 1. The Morgan fingerprint density at radius 2 is 2.05 bits per heavy atom. The molecule has 1 amide bonds. The van der Waals surface area contributed by atoms with Crippen LogP contribution in [0.2, 0.25) is 0 Å². The molecule has 2 heterocycles. The average molecular weight is 301 g/mol. The average Bonchev–Trinajstić information content (AvgIpc) is 3.04. The molecule has 1 aliphatic rings. The van der Waals surface area contributed by atoms with Crippen LogP contribution in [0, 0.1) is 0 Å². The molecule has 2 aromatic rings. The second-order valence-corrected chi connectivity index (χ2v) is 5.31. The summed E-state index contributed by atoms with van der Waals surface area (Å²) in [5, 5.41) is 3.80. The van der Waals surface area contributed by atoms with Gasteiger partial charge in [-0.25, -0.2) is 0 Å². The van der Waals surface area contributed by atoms with Crippen molar-refractivity contribution in [3.05, 3.63) is 36.0 Å². The minimum Gasteiger partial charge on any atom is -0.376 e. The molecule has 0 bridgehead atoms. The van der Waals surface area contributed by atoms with Gasteiger partial charge >= 0.3 is 0 Å². The molecule has 1 aliphatic heterocycles. The number of pyridine rings is 1. The number of fused-ring (bicyclic) bond motifs is 1. The Labute approximate surface area is 129 Å². The van der Waals surface area contributed by atoms with Gasteiger partial charge in [0.25, 0.3) is 5.91 Å². The molecule has 1 aromatic heterocycles. The van der Waals surface area contributed by atoms with Crippen molar-refractivity contribution < 1.29 is 14.3 Å². The molecule has 1 saturated heterocycles. The zero-order chi connectivity index (χ0) is 15.5. The van der Waals surface area contributed by atoms with Crippen LogP contribution in [0.15, 0.2) is 30.5 Å². The lowest BCUT2D eigenvalue weighted by Gasteiger charge is -2.19. The number of rotatable bonds is 4. The summed E-state index contributed by atoms with van der Waals surface area (Å²) in [5.41, 5.74) is 2.27. The third-order valence-corrected chi connectivity index (χ3v) is 3.56. The lowest BCUT2D eigenvalue weighted by molar-refractivity contribution is -0.0379. The fourth-order valence-corrected chi connectivity index (χ4v) is 2.57. The van der Waals surface area contributed by atoms with E-state index in [2.05, 4.69) is 10.3 Å². The summed E-state index contributed by atoms with van der Waals surface area (Å²) >= 11 is 0. The van der Waals surface area contributed by atoms with E-state index in [9.17, 15) is 4.79 Å². The molecule has 0 unspecified atom stereocenters. The van der Waals surface area contributed by atoms with Gasteiger partial charge in [-0.05, 0) is 6.07 Å². The number of hydrogen-bond donors (Lipinski definition) is 1. The predicted molar refractivity (Wildman–Crippen MR) is 84.1 cm³/mol. The smallest absolute Gasteiger partial charge is 0.255 e. The van der Waals surface area contributed by atoms with E-state index in [1.807, 2.05) is 43.3 Å². The largest absolute Gasteiger partial charge is 0.376 e. The number of nitrogens with one attached hydrogen (secondary N) is 1. The first-order chi connectivity index (χ1) is 10.7. The Hall–Kier alpha value is -2.18. The SMILES string of the molecule is CN(C)c1c(C(=O)NCC2OCCO2)cnc2ccccc12. The van der Waals surface area contributed by atoms with E-state index in [0.717, 1.165) is 16.6 Å². The molecule has 0 saturated carbocycles. The van der Waals surface area contributed by atoms with E-state index in [0.29, 0.717) is 25.3 Å². The van der Waals surface area contributed by atoms with Crippen LogP contribution in [0.3, 0.4) is 0 Å². The molecule has 3 rings (SSSR count). The van der Waals surface area contributed by atoms with Gasteiger partial charge in [0.05, 0.1) is 36.5 Å². The van der Waals surface area contributed by atoms with Gasteiger partial charge in [0, 0.05) is 25.7 Å². The van der Waals surface area contributed by atoms with Gasteiger partial charge in [0.2, 0.25) is 0 Å². The Balaban J connectivity index is 1.88. The molecule has 0 atom stereocenters. The molecule has 6 heteroatoms. The summed E-state index contributed by atoms with van der Waals surface area (Å²) in [6, 6.07) is 7.78. The van der Waals surface area contributed by atoms with Crippen LogP contribution in [-0.2, 0) is 9.47 Å². The summed E-state index contributed by atoms with van der Waals surface area (Å²) in [6.45, 7) is 1.47. The molecular formula is C16H19N3O3. The van der Waals surface area contributed by atoms with E-state index in [1.165, 1.54) is 0 Å².